The van der Waals surface area contributed by atoms with E-state index < -0.39 is 0 Å². The summed E-state index contributed by atoms with van der Waals surface area (Å²) in [6.07, 6.45) is 3.20. The molecule has 0 amide bonds. The molecule has 0 N–H and O–H groups in total. The molecule has 4 heteroatoms. The molecule has 2 unspecified atom stereocenters. The molecule has 3 rings (SSSR count). The van der Waals surface area contributed by atoms with E-state index in [9.17, 15) is 0 Å². The molecule has 0 spiro atoms. The van der Waals surface area contributed by atoms with Crippen LogP contribution in [-0.2, 0) is 10.5 Å². The van der Waals surface area contributed by atoms with Gasteiger partial charge in [-0.1, -0.05) is 49.3 Å². The third-order valence-electron chi connectivity index (χ3n) is 3.89. The van der Waals surface area contributed by atoms with Gasteiger partial charge in [-0.25, -0.2) is 0 Å². The van der Waals surface area contributed by atoms with E-state index in [0.29, 0.717) is 12.2 Å². The third-order valence-corrected chi connectivity index (χ3v) is 4.99. The van der Waals surface area contributed by atoms with Crippen LogP contribution < -0.4 is 0 Å². The minimum absolute atomic E-state index is 0.408. The third kappa shape index (κ3) is 4.85. The lowest BCUT2D eigenvalue weighted by Crippen LogP contribution is -2.11. The summed E-state index contributed by atoms with van der Waals surface area (Å²) >= 11 is 1.91. The summed E-state index contributed by atoms with van der Waals surface area (Å²) in [5.41, 5.74) is 3.29. The van der Waals surface area contributed by atoms with Gasteiger partial charge in [0.2, 0.25) is 0 Å². The highest BCUT2D eigenvalue weighted by atomic mass is 32.2. The van der Waals surface area contributed by atoms with Crippen molar-refractivity contribution in [1.82, 2.24) is 5.16 Å². The van der Waals surface area contributed by atoms with Gasteiger partial charge in [0.05, 0.1) is 17.9 Å². The van der Waals surface area contributed by atoms with Crippen molar-refractivity contribution in [1.29, 1.82) is 0 Å². The molecule has 1 aromatic carbocycles. The summed E-state index contributed by atoms with van der Waals surface area (Å²) < 4.78 is 11.4. The monoisotopic (exact) mass is 333 g/mol. The van der Waals surface area contributed by atoms with Crippen molar-refractivity contribution in [2.45, 2.75) is 58.5 Å². The van der Waals surface area contributed by atoms with Crippen LogP contribution in [-0.4, -0.2) is 23.1 Å². The van der Waals surface area contributed by atoms with Crippen LogP contribution in [0.2, 0.25) is 0 Å². The summed E-state index contributed by atoms with van der Waals surface area (Å²) in [7, 11) is 0. The first-order chi connectivity index (χ1) is 11.2. The molecule has 23 heavy (non-hydrogen) atoms. The van der Waals surface area contributed by atoms with E-state index in [0.717, 1.165) is 28.5 Å². The molecule has 0 aliphatic carbocycles. The zero-order valence-electron chi connectivity index (χ0n) is 14.5. The molecule has 1 aliphatic rings. The molecular weight excluding hydrogens is 306 g/mol. The first-order valence-corrected chi connectivity index (χ1v) is 9.63. The van der Waals surface area contributed by atoms with Crippen LogP contribution in [0.3, 0.4) is 0 Å². The van der Waals surface area contributed by atoms with Crippen LogP contribution in [0.25, 0.3) is 11.3 Å². The van der Waals surface area contributed by atoms with Crippen molar-refractivity contribution >= 4 is 11.8 Å². The highest BCUT2D eigenvalue weighted by Crippen LogP contribution is 2.30. The highest BCUT2D eigenvalue weighted by Gasteiger charge is 2.22. The second-order valence-corrected chi connectivity index (χ2v) is 6.63. The van der Waals surface area contributed by atoms with Gasteiger partial charge >= 0.3 is 0 Å². The van der Waals surface area contributed by atoms with E-state index >= 15 is 0 Å². The fraction of sp³-hybridized carbons (Fsp3) is 0.526. The van der Waals surface area contributed by atoms with Crippen molar-refractivity contribution in [2.24, 2.45) is 0 Å². The second kappa shape index (κ2) is 9.14. The number of hydrogen-bond donors (Lipinski definition) is 0. The highest BCUT2D eigenvalue weighted by molar-refractivity contribution is 7.98. The smallest absolute Gasteiger partial charge is 0.171 e. The minimum atomic E-state index is 0.408. The van der Waals surface area contributed by atoms with E-state index in [4.69, 9.17) is 9.26 Å². The zero-order chi connectivity index (χ0) is 16.7. The van der Waals surface area contributed by atoms with Gasteiger partial charge in [-0.15, -0.1) is 0 Å². The molecular formula is C19H27NO2S. The Labute approximate surface area is 143 Å². The van der Waals surface area contributed by atoms with Gasteiger partial charge in [0.15, 0.2) is 5.76 Å². The summed E-state index contributed by atoms with van der Waals surface area (Å²) in [4.78, 5) is 0. The van der Waals surface area contributed by atoms with Crippen molar-refractivity contribution < 1.29 is 9.26 Å². The Morgan fingerprint density at radius 3 is 2.57 bits per heavy atom. The largest absolute Gasteiger partial charge is 0.374 e. The van der Waals surface area contributed by atoms with Gasteiger partial charge in [0.1, 0.15) is 0 Å². The number of aromatic nitrogens is 1. The lowest BCUT2D eigenvalue weighted by Gasteiger charge is -2.10. The Kier molecular flexibility index (Phi) is 7.18. The lowest BCUT2D eigenvalue weighted by molar-refractivity contribution is 0.0700. The molecule has 1 saturated heterocycles. The van der Waals surface area contributed by atoms with E-state index in [-0.39, 0.29) is 0 Å². The molecule has 0 bridgehead atoms. The number of ether oxygens (including phenoxy) is 1. The Hall–Kier alpha value is -1.26. The number of rotatable bonds is 5. The van der Waals surface area contributed by atoms with Crippen molar-refractivity contribution in [3.8, 4) is 11.3 Å². The molecule has 0 radical (unpaired) electrons. The first-order valence-electron chi connectivity index (χ1n) is 8.48. The van der Waals surface area contributed by atoms with Crippen LogP contribution in [0.15, 0.2) is 34.9 Å². The van der Waals surface area contributed by atoms with Gasteiger partial charge in [-0.3, -0.25) is 0 Å². The van der Waals surface area contributed by atoms with Crippen molar-refractivity contribution in [3.05, 3.63) is 41.6 Å². The van der Waals surface area contributed by atoms with E-state index in [1.54, 1.807) is 0 Å². The van der Waals surface area contributed by atoms with Crippen LogP contribution >= 0.6 is 11.8 Å². The summed E-state index contributed by atoms with van der Waals surface area (Å²) in [6.45, 7) is 8.17. The molecule has 2 aromatic rings. The van der Waals surface area contributed by atoms with Gasteiger partial charge in [-0.2, -0.15) is 11.8 Å². The fourth-order valence-corrected chi connectivity index (χ4v) is 3.85. The topological polar surface area (TPSA) is 35.3 Å². The average Bonchev–Trinajstić information content (AvgIpc) is 3.17. The standard InChI is InChI=1S/C17H21NO2S.C2H6/c1-12-8-9-15(19-12)10-21-11-16-13(2)18-20-17(16)14-6-4-3-5-7-14;1-2/h3-7,12,15H,8-11H2,1-2H3;1-2H3. The molecule has 126 valence electrons. The summed E-state index contributed by atoms with van der Waals surface area (Å²) in [5.74, 6) is 2.87. The van der Waals surface area contributed by atoms with Gasteiger partial charge in [0.25, 0.3) is 0 Å². The van der Waals surface area contributed by atoms with Crippen LogP contribution in [0.4, 0.5) is 0 Å². The van der Waals surface area contributed by atoms with Gasteiger partial charge in [0, 0.05) is 22.6 Å². The van der Waals surface area contributed by atoms with Gasteiger partial charge < -0.3 is 9.26 Å². The van der Waals surface area contributed by atoms with E-state index in [1.807, 2.05) is 50.7 Å². The maximum Gasteiger partial charge on any atom is 0.171 e. The second-order valence-electron chi connectivity index (χ2n) is 5.60. The quantitative estimate of drug-likeness (QED) is 0.726. The van der Waals surface area contributed by atoms with E-state index in [2.05, 4.69) is 24.2 Å². The number of benzene rings is 1. The normalized spacial score (nSPS) is 20.2. The molecule has 1 aliphatic heterocycles. The Morgan fingerprint density at radius 2 is 1.91 bits per heavy atom. The van der Waals surface area contributed by atoms with Gasteiger partial charge in [-0.05, 0) is 26.7 Å². The fourth-order valence-electron chi connectivity index (χ4n) is 2.68. The molecule has 2 heterocycles. The van der Waals surface area contributed by atoms with Crippen LogP contribution in [0.1, 0.15) is 44.9 Å². The summed E-state index contributed by atoms with van der Waals surface area (Å²) in [6, 6.07) is 10.2. The average molecular weight is 333 g/mol. The van der Waals surface area contributed by atoms with E-state index in [1.165, 1.54) is 18.4 Å². The molecule has 1 fully saturated rings. The first kappa shape index (κ1) is 18.1. The molecule has 3 nitrogen and oxygen atoms in total. The number of hydrogen-bond acceptors (Lipinski definition) is 4. The Bertz CT molecular complexity index is 582. The van der Waals surface area contributed by atoms with Crippen molar-refractivity contribution in [2.75, 3.05) is 5.75 Å². The Morgan fingerprint density at radius 1 is 1.17 bits per heavy atom. The lowest BCUT2D eigenvalue weighted by atomic mass is 10.1. The molecule has 1 aromatic heterocycles. The maximum absolute atomic E-state index is 5.87. The summed E-state index contributed by atoms with van der Waals surface area (Å²) in [5, 5.41) is 4.14. The van der Waals surface area contributed by atoms with Crippen LogP contribution in [0.5, 0.6) is 0 Å². The van der Waals surface area contributed by atoms with Crippen molar-refractivity contribution in [3.63, 3.8) is 0 Å². The SMILES string of the molecule is CC.Cc1noc(-c2ccccc2)c1CSCC1CCC(C)O1. The maximum atomic E-state index is 5.87. The predicted molar refractivity (Wildman–Crippen MR) is 97.8 cm³/mol. The number of thioether (sulfide) groups is 1. The molecule has 2 atom stereocenters. The minimum Gasteiger partial charge on any atom is -0.374 e. The van der Waals surface area contributed by atoms with Crippen LogP contribution in [0, 0.1) is 6.92 Å². The predicted octanol–water partition coefficient (Wildman–Crippen LogP) is 5.48. The number of aryl methyl sites for hydroxylation is 1. The molecule has 0 saturated carbocycles. The Balaban J connectivity index is 0.000000924. The zero-order valence-corrected chi connectivity index (χ0v) is 15.4. The number of nitrogens with zero attached hydrogens (tertiary/aromatic N) is 1.